The van der Waals surface area contributed by atoms with E-state index in [2.05, 4.69) is 10.9 Å². The number of nitrogens with one attached hydrogen (secondary N) is 2. The van der Waals surface area contributed by atoms with Gasteiger partial charge >= 0.3 is 0 Å². The van der Waals surface area contributed by atoms with Crippen molar-refractivity contribution in [2.45, 2.75) is 0 Å². The number of hydrazine groups is 1. The molecule has 0 unspecified atom stereocenters. The molecular formula is C16H11Cl2N3O3. The maximum absolute atomic E-state index is 11.9. The predicted octanol–water partition coefficient (Wildman–Crippen LogP) is 2.71. The Bertz CT molecular complexity index is 818. The Morgan fingerprint density at radius 2 is 1.83 bits per heavy atom. The number of halogens is 2. The van der Waals surface area contributed by atoms with Crippen molar-refractivity contribution >= 4 is 35.0 Å². The summed E-state index contributed by atoms with van der Waals surface area (Å²) in [5.74, 6) is -0.860. The lowest BCUT2D eigenvalue weighted by atomic mass is 10.2. The SMILES string of the molecule is N#Cc1ccccc1OCC(=O)NNC(=O)c1ccc(Cl)c(Cl)c1. The van der Waals surface area contributed by atoms with Crippen molar-refractivity contribution in [1.29, 1.82) is 5.26 Å². The van der Waals surface area contributed by atoms with Crippen LogP contribution in [0.2, 0.25) is 10.0 Å². The third-order valence-electron chi connectivity index (χ3n) is 2.86. The molecule has 0 saturated carbocycles. The Morgan fingerprint density at radius 1 is 1.08 bits per heavy atom. The summed E-state index contributed by atoms with van der Waals surface area (Å²) in [4.78, 5) is 23.6. The van der Waals surface area contributed by atoms with Crippen LogP contribution in [-0.4, -0.2) is 18.4 Å². The molecule has 0 aliphatic carbocycles. The minimum Gasteiger partial charge on any atom is -0.482 e. The Balaban J connectivity index is 1.86. The number of amides is 2. The second-order valence-corrected chi connectivity index (χ2v) is 5.34. The summed E-state index contributed by atoms with van der Waals surface area (Å²) >= 11 is 11.6. The molecule has 0 aliphatic rings. The Labute approximate surface area is 147 Å². The van der Waals surface area contributed by atoms with Crippen molar-refractivity contribution < 1.29 is 14.3 Å². The molecule has 0 aliphatic heterocycles. The van der Waals surface area contributed by atoms with Crippen LogP contribution in [0.5, 0.6) is 5.75 Å². The first-order valence-corrected chi connectivity index (χ1v) is 7.43. The number of hydrogen-bond acceptors (Lipinski definition) is 4. The van der Waals surface area contributed by atoms with E-state index < -0.39 is 11.8 Å². The van der Waals surface area contributed by atoms with Crippen LogP contribution in [0.4, 0.5) is 0 Å². The monoisotopic (exact) mass is 363 g/mol. The van der Waals surface area contributed by atoms with Crippen LogP contribution >= 0.6 is 23.2 Å². The van der Waals surface area contributed by atoms with E-state index >= 15 is 0 Å². The number of nitrogens with zero attached hydrogens (tertiary/aromatic N) is 1. The van der Waals surface area contributed by atoms with Crippen LogP contribution in [0.25, 0.3) is 0 Å². The van der Waals surface area contributed by atoms with Gasteiger partial charge in [-0.15, -0.1) is 0 Å². The van der Waals surface area contributed by atoms with Gasteiger partial charge in [0.05, 0.1) is 15.6 Å². The number of benzene rings is 2. The number of hydrogen-bond donors (Lipinski definition) is 2. The fourth-order valence-electron chi connectivity index (χ4n) is 1.70. The Morgan fingerprint density at radius 3 is 2.54 bits per heavy atom. The van der Waals surface area contributed by atoms with Crippen LogP contribution in [0.3, 0.4) is 0 Å². The summed E-state index contributed by atoms with van der Waals surface area (Å²) in [6, 6.07) is 12.8. The van der Waals surface area contributed by atoms with Crippen LogP contribution in [0.1, 0.15) is 15.9 Å². The van der Waals surface area contributed by atoms with Crippen molar-refractivity contribution in [2.75, 3.05) is 6.61 Å². The fourth-order valence-corrected chi connectivity index (χ4v) is 2.00. The van der Waals surface area contributed by atoms with E-state index in [0.29, 0.717) is 10.6 Å². The second-order valence-electron chi connectivity index (χ2n) is 4.53. The molecule has 2 amide bonds. The summed E-state index contributed by atoms with van der Waals surface area (Å²) in [7, 11) is 0. The number of para-hydroxylation sites is 1. The molecule has 2 N–H and O–H groups in total. The zero-order valence-electron chi connectivity index (χ0n) is 12.2. The lowest BCUT2D eigenvalue weighted by Crippen LogP contribution is -2.43. The van der Waals surface area contributed by atoms with E-state index in [1.54, 1.807) is 24.3 Å². The van der Waals surface area contributed by atoms with Crippen LogP contribution in [0.15, 0.2) is 42.5 Å². The maximum Gasteiger partial charge on any atom is 0.276 e. The van der Waals surface area contributed by atoms with Gasteiger partial charge in [-0.25, -0.2) is 0 Å². The molecule has 2 aromatic carbocycles. The number of nitriles is 1. The van der Waals surface area contributed by atoms with Crippen molar-refractivity contribution in [1.82, 2.24) is 10.9 Å². The van der Waals surface area contributed by atoms with Crippen LogP contribution in [-0.2, 0) is 4.79 Å². The summed E-state index contributed by atoms with van der Waals surface area (Å²) in [6.07, 6.45) is 0. The van der Waals surface area contributed by atoms with E-state index in [-0.39, 0.29) is 22.9 Å². The molecule has 6 nitrogen and oxygen atoms in total. The molecule has 0 fully saturated rings. The molecule has 0 spiro atoms. The highest BCUT2D eigenvalue weighted by atomic mass is 35.5. The van der Waals surface area contributed by atoms with E-state index in [9.17, 15) is 9.59 Å². The Hall–Kier alpha value is -2.75. The van der Waals surface area contributed by atoms with Gasteiger partial charge in [0.2, 0.25) is 0 Å². The maximum atomic E-state index is 11.9. The predicted molar refractivity (Wildman–Crippen MR) is 88.7 cm³/mol. The molecule has 0 saturated heterocycles. The van der Waals surface area contributed by atoms with Gasteiger partial charge in [0.25, 0.3) is 11.8 Å². The van der Waals surface area contributed by atoms with Gasteiger partial charge in [-0.05, 0) is 30.3 Å². The molecule has 122 valence electrons. The quantitative estimate of drug-likeness (QED) is 0.816. The van der Waals surface area contributed by atoms with Crippen molar-refractivity contribution in [3.05, 3.63) is 63.6 Å². The fraction of sp³-hybridized carbons (Fsp3) is 0.0625. The Kier molecular flexibility index (Phi) is 6.01. The number of carbonyl (C=O) groups is 2. The zero-order valence-corrected chi connectivity index (χ0v) is 13.7. The lowest BCUT2D eigenvalue weighted by molar-refractivity contribution is -0.123. The molecule has 0 atom stereocenters. The van der Waals surface area contributed by atoms with Gasteiger partial charge < -0.3 is 4.74 Å². The highest BCUT2D eigenvalue weighted by molar-refractivity contribution is 6.42. The molecule has 0 radical (unpaired) electrons. The van der Waals surface area contributed by atoms with Gasteiger partial charge in [0, 0.05) is 5.56 Å². The first-order valence-electron chi connectivity index (χ1n) is 6.67. The molecular weight excluding hydrogens is 353 g/mol. The zero-order chi connectivity index (χ0) is 17.5. The van der Waals surface area contributed by atoms with E-state index in [1.807, 2.05) is 6.07 Å². The first-order chi connectivity index (χ1) is 11.5. The average Bonchev–Trinajstić information content (AvgIpc) is 2.60. The molecule has 0 aromatic heterocycles. The third kappa shape index (κ3) is 4.62. The topological polar surface area (TPSA) is 91.2 Å². The van der Waals surface area contributed by atoms with E-state index in [0.717, 1.165) is 0 Å². The van der Waals surface area contributed by atoms with Gasteiger partial charge in [-0.1, -0.05) is 35.3 Å². The molecule has 8 heteroatoms. The largest absolute Gasteiger partial charge is 0.482 e. The highest BCUT2D eigenvalue weighted by Gasteiger charge is 2.10. The smallest absolute Gasteiger partial charge is 0.276 e. The van der Waals surface area contributed by atoms with Gasteiger partial charge in [0.15, 0.2) is 6.61 Å². The number of ether oxygens (including phenoxy) is 1. The minimum atomic E-state index is -0.587. The van der Waals surface area contributed by atoms with Gasteiger partial charge in [-0.3, -0.25) is 20.4 Å². The van der Waals surface area contributed by atoms with Crippen molar-refractivity contribution in [3.63, 3.8) is 0 Å². The van der Waals surface area contributed by atoms with Crippen LogP contribution in [0, 0.1) is 11.3 Å². The van der Waals surface area contributed by atoms with E-state index in [4.69, 9.17) is 33.2 Å². The number of carbonyl (C=O) groups excluding carboxylic acids is 2. The number of rotatable bonds is 4. The van der Waals surface area contributed by atoms with Gasteiger partial charge in [0.1, 0.15) is 11.8 Å². The van der Waals surface area contributed by atoms with Crippen LogP contribution < -0.4 is 15.6 Å². The average molecular weight is 364 g/mol. The standard InChI is InChI=1S/C16H11Cl2N3O3/c17-12-6-5-10(7-13(12)18)16(23)21-20-15(22)9-24-14-4-2-1-3-11(14)8-19/h1-7H,9H2,(H,20,22)(H,21,23). The second kappa shape index (κ2) is 8.20. The molecule has 0 heterocycles. The highest BCUT2D eigenvalue weighted by Crippen LogP contribution is 2.22. The summed E-state index contributed by atoms with van der Waals surface area (Å²) in [5, 5.41) is 9.47. The minimum absolute atomic E-state index is 0.229. The summed E-state index contributed by atoms with van der Waals surface area (Å²) in [6.45, 7) is -0.361. The normalized spacial score (nSPS) is 9.71. The summed E-state index contributed by atoms with van der Waals surface area (Å²) < 4.78 is 5.24. The third-order valence-corrected chi connectivity index (χ3v) is 3.60. The van der Waals surface area contributed by atoms with Gasteiger partial charge in [-0.2, -0.15) is 5.26 Å². The molecule has 0 bridgehead atoms. The molecule has 2 rings (SSSR count). The van der Waals surface area contributed by atoms with E-state index in [1.165, 1.54) is 18.2 Å². The summed E-state index contributed by atoms with van der Waals surface area (Å²) in [5.41, 5.74) is 4.97. The lowest BCUT2D eigenvalue weighted by Gasteiger charge is -2.10. The molecule has 2 aromatic rings. The van der Waals surface area contributed by atoms with Crippen molar-refractivity contribution in [3.8, 4) is 11.8 Å². The van der Waals surface area contributed by atoms with Crippen molar-refractivity contribution in [2.24, 2.45) is 0 Å². The molecule has 24 heavy (non-hydrogen) atoms. The first kappa shape index (κ1) is 17.6.